The van der Waals surface area contributed by atoms with Crippen LogP contribution in [0.4, 0.5) is 5.69 Å². The molecule has 0 aliphatic heterocycles. The van der Waals surface area contributed by atoms with Crippen molar-refractivity contribution in [1.29, 1.82) is 0 Å². The highest BCUT2D eigenvalue weighted by atomic mass is 35.5. The molecule has 0 radical (unpaired) electrons. The van der Waals surface area contributed by atoms with Gasteiger partial charge in [0, 0.05) is 6.54 Å². The van der Waals surface area contributed by atoms with Crippen molar-refractivity contribution < 1.29 is 19.1 Å². The largest absolute Gasteiger partial charge is 0.465 e. The van der Waals surface area contributed by atoms with Crippen molar-refractivity contribution in [2.75, 3.05) is 12.4 Å². The highest BCUT2D eigenvalue weighted by Gasteiger charge is 2.36. The second-order valence-electron chi connectivity index (χ2n) is 6.43. The zero-order valence-corrected chi connectivity index (χ0v) is 16.1. The minimum Gasteiger partial charge on any atom is -0.465 e. The van der Waals surface area contributed by atoms with Crippen LogP contribution in [0.1, 0.15) is 29.8 Å². The van der Waals surface area contributed by atoms with Crippen molar-refractivity contribution in [2.24, 2.45) is 5.41 Å². The van der Waals surface area contributed by atoms with Gasteiger partial charge in [-0.3, -0.25) is 9.59 Å². The Labute approximate surface area is 162 Å². The second-order valence-corrected chi connectivity index (χ2v) is 6.84. The topological polar surface area (TPSA) is 84.5 Å². The first kappa shape index (κ1) is 20.5. The van der Waals surface area contributed by atoms with Crippen molar-refractivity contribution >= 4 is 35.1 Å². The molecule has 0 aliphatic rings. The third-order valence-electron chi connectivity index (χ3n) is 4.07. The lowest BCUT2D eigenvalue weighted by Crippen LogP contribution is -2.44. The summed E-state index contributed by atoms with van der Waals surface area (Å²) in [4.78, 5) is 36.8. The predicted octanol–water partition coefficient (Wildman–Crippen LogP) is 3.41. The molecule has 0 saturated carbocycles. The van der Waals surface area contributed by atoms with Crippen LogP contribution < -0.4 is 10.6 Å². The average molecular weight is 389 g/mol. The fourth-order valence-electron chi connectivity index (χ4n) is 2.25. The van der Waals surface area contributed by atoms with Gasteiger partial charge in [0.15, 0.2) is 0 Å². The molecule has 0 unspecified atom stereocenters. The van der Waals surface area contributed by atoms with E-state index in [1.807, 2.05) is 30.3 Å². The summed E-state index contributed by atoms with van der Waals surface area (Å²) in [6, 6.07) is 13.8. The lowest BCUT2D eigenvalue weighted by molar-refractivity contribution is -0.138. The van der Waals surface area contributed by atoms with Crippen LogP contribution in [-0.4, -0.2) is 24.9 Å². The Morgan fingerprint density at radius 1 is 1.04 bits per heavy atom. The molecule has 2 N–H and O–H groups in total. The normalized spacial score (nSPS) is 10.8. The van der Waals surface area contributed by atoms with E-state index in [1.165, 1.54) is 39.2 Å². The fraction of sp³-hybridized carbons (Fsp3) is 0.250. The zero-order valence-electron chi connectivity index (χ0n) is 15.3. The maximum Gasteiger partial charge on any atom is 0.337 e. The molecule has 0 aliphatic carbocycles. The van der Waals surface area contributed by atoms with Crippen molar-refractivity contribution in [2.45, 2.75) is 20.4 Å². The molecule has 0 heterocycles. The lowest BCUT2D eigenvalue weighted by atomic mass is 9.90. The Kier molecular flexibility index (Phi) is 6.58. The SMILES string of the molecule is COC(=O)c1ccc(Cl)c(NC(=O)C(C)(C)C(=O)NCc2ccccc2)c1. The Morgan fingerprint density at radius 3 is 2.33 bits per heavy atom. The molecule has 2 amide bonds. The number of hydrogen-bond donors (Lipinski definition) is 2. The van der Waals surface area contributed by atoms with Crippen LogP contribution in [-0.2, 0) is 20.9 Å². The van der Waals surface area contributed by atoms with E-state index >= 15 is 0 Å². The summed E-state index contributed by atoms with van der Waals surface area (Å²) < 4.78 is 4.66. The van der Waals surface area contributed by atoms with E-state index in [0.29, 0.717) is 6.54 Å². The number of halogens is 1. The molecule has 2 aromatic carbocycles. The summed E-state index contributed by atoms with van der Waals surface area (Å²) in [5, 5.41) is 5.61. The Hall–Kier alpha value is -2.86. The Balaban J connectivity index is 2.09. The number of carbonyl (C=O) groups is 3. The first-order valence-corrected chi connectivity index (χ1v) is 8.65. The zero-order chi connectivity index (χ0) is 20.0. The molecule has 7 heteroatoms. The summed E-state index contributed by atoms with van der Waals surface area (Å²) >= 11 is 6.09. The number of hydrogen-bond acceptors (Lipinski definition) is 4. The van der Waals surface area contributed by atoms with E-state index in [1.54, 1.807) is 0 Å². The fourth-order valence-corrected chi connectivity index (χ4v) is 2.41. The van der Waals surface area contributed by atoms with E-state index in [2.05, 4.69) is 15.4 Å². The molecule has 0 saturated heterocycles. The molecule has 6 nitrogen and oxygen atoms in total. The molecular weight excluding hydrogens is 368 g/mol. The van der Waals surface area contributed by atoms with Crippen LogP contribution in [0.25, 0.3) is 0 Å². The summed E-state index contributed by atoms with van der Waals surface area (Å²) in [6.45, 7) is 3.34. The van der Waals surface area contributed by atoms with Crippen LogP contribution >= 0.6 is 11.6 Å². The third-order valence-corrected chi connectivity index (χ3v) is 4.40. The summed E-state index contributed by atoms with van der Waals surface area (Å²) in [7, 11) is 1.26. The standard InChI is InChI=1S/C20H21ClN2O4/c1-20(2,18(25)22-12-13-7-5-4-6-8-13)19(26)23-16-11-14(17(24)27-3)9-10-15(16)21/h4-11H,12H2,1-3H3,(H,22,25)(H,23,26). The van der Waals surface area contributed by atoms with E-state index < -0.39 is 23.2 Å². The Bertz CT molecular complexity index is 850. The van der Waals surface area contributed by atoms with Crippen molar-refractivity contribution in [3.05, 3.63) is 64.7 Å². The molecule has 0 fully saturated rings. The van der Waals surface area contributed by atoms with E-state index in [-0.39, 0.29) is 16.3 Å². The third kappa shape index (κ3) is 5.08. The van der Waals surface area contributed by atoms with Crippen LogP contribution in [0.3, 0.4) is 0 Å². The van der Waals surface area contributed by atoms with Gasteiger partial charge in [-0.2, -0.15) is 0 Å². The van der Waals surface area contributed by atoms with Gasteiger partial charge in [0.05, 0.1) is 23.4 Å². The van der Waals surface area contributed by atoms with Crippen LogP contribution in [0.5, 0.6) is 0 Å². The monoisotopic (exact) mass is 388 g/mol. The quantitative estimate of drug-likeness (QED) is 0.586. The number of ether oxygens (including phenoxy) is 1. The average Bonchev–Trinajstić information content (AvgIpc) is 2.67. The number of esters is 1. The predicted molar refractivity (Wildman–Crippen MR) is 103 cm³/mol. The smallest absolute Gasteiger partial charge is 0.337 e. The van der Waals surface area contributed by atoms with Gasteiger partial charge in [0.2, 0.25) is 11.8 Å². The van der Waals surface area contributed by atoms with Crippen molar-refractivity contribution in [1.82, 2.24) is 5.32 Å². The van der Waals surface area contributed by atoms with Gasteiger partial charge < -0.3 is 15.4 Å². The Morgan fingerprint density at radius 2 is 1.70 bits per heavy atom. The van der Waals surface area contributed by atoms with Gasteiger partial charge in [-0.05, 0) is 37.6 Å². The number of benzene rings is 2. The molecule has 0 aromatic heterocycles. The molecular formula is C20H21ClN2O4. The highest BCUT2D eigenvalue weighted by molar-refractivity contribution is 6.34. The summed E-state index contributed by atoms with van der Waals surface area (Å²) in [5.74, 6) is -1.52. The summed E-state index contributed by atoms with van der Waals surface area (Å²) in [5.41, 5.74) is 0.0484. The van der Waals surface area contributed by atoms with Gasteiger partial charge in [-0.1, -0.05) is 41.9 Å². The highest BCUT2D eigenvalue weighted by Crippen LogP contribution is 2.26. The molecule has 0 atom stereocenters. The first-order chi connectivity index (χ1) is 12.8. The van der Waals surface area contributed by atoms with E-state index in [0.717, 1.165) is 5.56 Å². The van der Waals surface area contributed by atoms with Gasteiger partial charge in [0.25, 0.3) is 0 Å². The summed E-state index contributed by atoms with van der Waals surface area (Å²) in [6.07, 6.45) is 0. The lowest BCUT2D eigenvalue weighted by Gasteiger charge is -2.23. The molecule has 27 heavy (non-hydrogen) atoms. The van der Waals surface area contributed by atoms with Gasteiger partial charge in [-0.15, -0.1) is 0 Å². The first-order valence-electron chi connectivity index (χ1n) is 8.27. The molecule has 2 rings (SSSR count). The molecule has 0 spiro atoms. The maximum absolute atomic E-state index is 12.6. The molecule has 2 aromatic rings. The minimum absolute atomic E-state index is 0.230. The molecule has 0 bridgehead atoms. The van der Waals surface area contributed by atoms with E-state index in [4.69, 9.17) is 11.6 Å². The maximum atomic E-state index is 12.6. The van der Waals surface area contributed by atoms with Crippen LogP contribution in [0, 0.1) is 5.41 Å². The van der Waals surface area contributed by atoms with Crippen LogP contribution in [0.2, 0.25) is 5.02 Å². The molecule has 142 valence electrons. The number of rotatable bonds is 6. The number of anilines is 1. The van der Waals surface area contributed by atoms with Crippen LogP contribution in [0.15, 0.2) is 48.5 Å². The minimum atomic E-state index is -1.35. The second kappa shape index (κ2) is 8.68. The van der Waals surface area contributed by atoms with Gasteiger partial charge in [0.1, 0.15) is 5.41 Å². The van der Waals surface area contributed by atoms with Crippen molar-refractivity contribution in [3.8, 4) is 0 Å². The number of nitrogens with one attached hydrogen (secondary N) is 2. The van der Waals surface area contributed by atoms with E-state index in [9.17, 15) is 14.4 Å². The number of methoxy groups -OCH3 is 1. The number of amides is 2. The van der Waals surface area contributed by atoms with Gasteiger partial charge in [-0.25, -0.2) is 4.79 Å². The van der Waals surface area contributed by atoms with Gasteiger partial charge >= 0.3 is 5.97 Å². The number of carbonyl (C=O) groups excluding carboxylic acids is 3. The van der Waals surface area contributed by atoms with Crippen molar-refractivity contribution in [3.63, 3.8) is 0 Å².